The number of hydrogen-bond acceptors (Lipinski definition) is 3. The van der Waals surface area contributed by atoms with Crippen molar-refractivity contribution >= 4 is 5.69 Å². The third kappa shape index (κ3) is 3.26. The van der Waals surface area contributed by atoms with Crippen LogP contribution < -0.4 is 9.64 Å². The molecule has 3 nitrogen and oxygen atoms in total. The van der Waals surface area contributed by atoms with Gasteiger partial charge in [0.05, 0.1) is 7.11 Å². The van der Waals surface area contributed by atoms with E-state index in [9.17, 15) is 0 Å². The van der Waals surface area contributed by atoms with E-state index in [4.69, 9.17) is 4.74 Å². The van der Waals surface area contributed by atoms with E-state index in [0.717, 1.165) is 38.5 Å². The van der Waals surface area contributed by atoms with Crippen LogP contribution in [0.25, 0.3) is 0 Å². The van der Waals surface area contributed by atoms with Crippen molar-refractivity contribution in [3.63, 3.8) is 0 Å². The van der Waals surface area contributed by atoms with Gasteiger partial charge < -0.3 is 9.64 Å². The number of ether oxygens (including phenoxy) is 1. The van der Waals surface area contributed by atoms with Gasteiger partial charge in [-0.15, -0.1) is 0 Å². The van der Waals surface area contributed by atoms with Gasteiger partial charge in [-0.25, -0.2) is 0 Å². The SMILES string of the molecule is CC=CCN1CCN(c2ccc(OC)cc2)CC1. The molecule has 3 heteroatoms. The van der Waals surface area contributed by atoms with Gasteiger partial charge in [0.25, 0.3) is 0 Å². The van der Waals surface area contributed by atoms with Gasteiger partial charge in [0.15, 0.2) is 0 Å². The first kappa shape index (κ1) is 13.0. The Labute approximate surface area is 110 Å². The summed E-state index contributed by atoms with van der Waals surface area (Å²) in [6.45, 7) is 7.63. The number of anilines is 1. The monoisotopic (exact) mass is 246 g/mol. The highest BCUT2D eigenvalue weighted by molar-refractivity contribution is 5.49. The van der Waals surface area contributed by atoms with Crippen molar-refractivity contribution in [2.75, 3.05) is 44.7 Å². The number of methoxy groups -OCH3 is 1. The Kier molecular flexibility index (Phi) is 4.65. The molecule has 1 aliphatic heterocycles. The van der Waals surface area contributed by atoms with Crippen LogP contribution in [0, 0.1) is 0 Å². The van der Waals surface area contributed by atoms with Crippen LogP contribution in [0.15, 0.2) is 36.4 Å². The first-order chi connectivity index (χ1) is 8.83. The Morgan fingerprint density at radius 2 is 1.78 bits per heavy atom. The maximum absolute atomic E-state index is 5.18. The lowest BCUT2D eigenvalue weighted by Crippen LogP contribution is -2.46. The number of rotatable bonds is 4. The topological polar surface area (TPSA) is 15.7 Å². The van der Waals surface area contributed by atoms with Crippen LogP contribution in [0.3, 0.4) is 0 Å². The van der Waals surface area contributed by atoms with E-state index in [-0.39, 0.29) is 0 Å². The minimum atomic E-state index is 0.922. The minimum absolute atomic E-state index is 0.922. The lowest BCUT2D eigenvalue weighted by Gasteiger charge is -2.35. The first-order valence-electron chi connectivity index (χ1n) is 6.56. The molecule has 1 aliphatic rings. The zero-order chi connectivity index (χ0) is 12.8. The minimum Gasteiger partial charge on any atom is -0.497 e. The Morgan fingerprint density at radius 3 is 2.33 bits per heavy atom. The number of benzene rings is 1. The molecule has 0 N–H and O–H groups in total. The van der Waals surface area contributed by atoms with E-state index in [2.05, 4.69) is 41.0 Å². The third-order valence-corrected chi connectivity index (χ3v) is 3.41. The number of hydrogen-bond donors (Lipinski definition) is 0. The van der Waals surface area contributed by atoms with E-state index in [1.807, 2.05) is 12.1 Å². The third-order valence-electron chi connectivity index (χ3n) is 3.41. The molecule has 18 heavy (non-hydrogen) atoms. The molecule has 1 heterocycles. The molecule has 2 rings (SSSR count). The van der Waals surface area contributed by atoms with Crippen molar-refractivity contribution < 1.29 is 4.74 Å². The summed E-state index contributed by atoms with van der Waals surface area (Å²) in [6.07, 6.45) is 4.35. The van der Waals surface area contributed by atoms with Crippen LogP contribution in [-0.4, -0.2) is 44.7 Å². The largest absolute Gasteiger partial charge is 0.497 e. The highest BCUT2D eigenvalue weighted by Gasteiger charge is 2.15. The van der Waals surface area contributed by atoms with Gasteiger partial charge in [0, 0.05) is 38.4 Å². The van der Waals surface area contributed by atoms with Crippen LogP contribution in [0.5, 0.6) is 5.75 Å². The molecular formula is C15H22N2O. The Hall–Kier alpha value is -1.48. The van der Waals surface area contributed by atoms with Gasteiger partial charge in [0.1, 0.15) is 5.75 Å². The van der Waals surface area contributed by atoms with Crippen molar-refractivity contribution in [3.8, 4) is 5.75 Å². The van der Waals surface area contributed by atoms with Crippen LogP contribution in [0.4, 0.5) is 5.69 Å². The fourth-order valence-electron chi connectivity index (χ4n) is 2.24. The number of piperazine rings is 1. The van der Waals surface area contributed by atoms with Crippen molar-refractivity contribution in [1.82, 2.24) is 4.90 Å². The lowest BCUT2D eigenvalue weighted by atomic mass is 10.2. The van der Waals surface area contributed by atoms with Gasteiger partial charge in [-0.3, -0.25) is 4.90 Å². The maximum Gasteiger partial charge on any atom is 0.119 e. The Bertz CT molecular complexity index is 378. The average Bonchev–Trinajstić information content (AvgIpc) is 2.46. The molecule has 0 saturated carbocycles. The van der Waals surface area contributed by atoms with Crippen molar-refractivity contribution in [3.05, 3.63) is 36.4 Å². The molecule has 1 aromatic carbocycles. The van der Waals surface area contributed by atoms with Crippen LogP contribution in [0.1, 0.15) is 6.92 Å². The summed E-state index contributed by atoms with van der Waals surface area (Å²) in [5.41, 5.74) is 1.29. The summed E-state index contributed by atoms with van der Waals surface area (Å²) < 4.78 is 5.18. The second-order valence-electron chi connectivity index (χ2n) is 4.55. The van der Waals surface area contributed by atoms with E-state index >= 15 is 0 Å². The van der Waals surface area contributed by atoms with Crippen LogP contribution in [0.2, 0.25) is 0 Å². The molecule has 0 atom stereocenters. The van der Waals surface area contributed by atoms with Gasteiger partial charge in [-0.1, -0.05) is 12.2 Å². The molecule has 0 aromatic heterocycles. The van der Waals surface area contributed by atoms with E-state index < -0.39 is 0 Å². The summed E-state index contributed by atoms with van der Waals surface area (Å²) in [5, 5.41) is 0. The number of nitrogens with zero attached hydrogens (tertiary/aromatic N) is 2. The number of allylic oxidation sites excluding steroid dienone is 1. The molecule has 0 unspecified atom stereocenters. The second-order valence-corrected chi connectivity index (χ2v) is 4.55. The summed E-state index contributed by atoms with van der Waals surface area (Å²) in [7, 11) is 1.70. The smallest absolute Gasteiger partial charge is 0.119 e. The van der Waals surface area contributed by atoms with Crippen molar-refractivity contribution in [2.45, 2.75) is 6.92 Å². The molecule has 1 saturated heterocycles. The lowest BCUT2D eigenvalue weighted by molar-refractivity contribution is 0.284. The van der Waals surface area contributed by atoms with E-state index in [1.54, 1.807) is 7.11 Å². The molecule has 0 aliphatic carbocycles. The highest BCUT2D eigenvalue weighted by Crippen LogP contribution is 2.20. The van der Waals surface area contributed by atoms with E-state index in [1.165, 1.54) is 5.69 Å². The van der Waals surface area contributed by atoms with Crippen molar-refractivity contribution in [2.24, 2.45) is 0 Å². The predicted molar refractivity (Wildman–Crippen MR) is 76.5 cm³/mol. The molecule has 0 bridgehead atoms. The maximum atomic E-state index is 5.18. The van der Waals surface area contributed by atoms with Gasteiger partial charge in [-0.2, -0.15) is 0 Å². The predicted octanol–water partition coefficient (Wildman–Crippen LogP) is 2.39. The molecule has 1 fully saturated rings. The summed E-state index contributed by atoms with van der Waals surface area (Å²) in [5.74, 6) is 0.922. The van der Waals surface area contributed by atoms with Crippen molar-refractivity contribution in [1.29, 1.82) is 0 Å². The molecule has 1 aromatic rings. The molecule has 0 radical (unpaired) electrons. The fraction of sp³-hybridized carbons (Fsp3) is 0.467. The highest BCUT2D eigenvalue weighted by atomic mass is 16.5. The zero-order valence-corrected chi connectivity index (χ0v) is 11.3. The summed E-state index contributed by atoms with van der Waals surface area (Å²) in [4.78, 5) is 4.92. The van der Waals surface area contributed by atoms with E-state index in [0.29, 0.717) is 0 Å². The summed E-state index contributed by atoms with van der Waals surface area (Å²) >= 11 is 0. The second kappa shape index (κ2) is 6.45. The Morgan fingerprint density at radius 1 is 1.11 bits per heavy atom. The zero-order valence-electron chi connectivity index (χ0n) is 11.3. The fourth-order valence-corrected chi connectivity index (χ4v) is 2.24. The normalized spacial score (nSPS) is 17.3. The van der Waals surface area contributed by atoms with Crippen LogP contribution in [-0.2, 0) is 0 Å². The Balaban J connectivity index is 1.88. The average molecular weight is 246 g/mol. The molecule has 98 valence electrons. The molecular weight excluding hydrogens is 224 g/mol. The summed E-state index contributed by atoms with van der Waals surface area (Å²) in [6, 6.07) is 8.34. The quantitative estimate of drug-likeness (QED) is 0.759. The van der Waals surface area contributed by atoms with Crippen LogP contribution >= 0.6 is 0 Å². The van der Waals surface area contributed by atoms with Gasteiger partial charge >= 0.3 is 0 Å². The standard InChI is InChI=1S/C15H22N2O/c1-3-4-9-16-10-12-17(13-11-16)14-5-7-15(18-2)8-6-14/h3-8H,9-13H2,1-2H3. The first-order valence-corrected chi connectivity index (χ1v) is 6.56. The molecule has 0 spiro atoms. The van der Waals surface area contributed by atoms with Gasteiger partial charge in [0.2, 0.25) is 0 Å². The molecule has 0 amide bonds. The van der Waals surface area contributed by atoms with Gasteiger partial charge in [-0.05, 0) is 31.2 Å².